The second kappa shape index (κ2) is 9.09. The number of carbonyl (C=O) groups excluding carboxylic acids is 1. The third kappa shape index (κ3) is 3.86. The molecule has 0 spiro atoms. The van der Waals surface area contributed by atoms with Crippen LogP contribution in [0.15, 0.2) is 47.5 Å². The van der Waals surface area contributed by atoms with Crippen LogP contribution >= 0.6 is 0 Å². The Morgan fingerprint density at radius 1 is 0.750 bits per heavy atom. The van der Waals surface area contributed by atoms with Crippen molar-refractivity contribution in [1.82, 2.24) is 4.90 Å². The number of ether oxygens (including phenoxy) is 4. The number of likely N-dealkylation sites (N-methyl/N-ethyl adjacent to an activating group) is 1. The molecule has 0 radical (unpaired) electrons. The molecular formula is C26H29NO5. The molecule has 2 aromatic carbocycles. The van der Waals surface area contributed by atoms with E-state index in [4.69, 9.17) is 18.9 Å². The fourth-order valence-corrected chi connectivity index (χ4v) is 4.72. The Morgan fingerprint density at radius 3 is 1.56 bits per heavy atom. The molecule has 0 aliphatic carbocycles. The van der Waals surface area contributed by atoms with Gasteiger partial charge in [-0.15, -0.1) is 0 Å². The number of rotatable bonds is 6. The fourth-order valence-electron chi connectivity index (χ4n) is 4.72. The van der Waals surface area contributed by atoms with Gasteiger partial charge in [0, 0.05) is 34.4 Å². The van der Waals surface area contributed by atoms with E-state index in [9.17, 15) is 4.79 Å². The van der Waals surface area contributed by atoms with Gasteiger partial charge in [0.1, 0.15) is 23.0 Å². The van der Waals surface area contributed by atoms with Crippen molar-refractivity contribution in [2.45, 2.75) is 24.9 Å². The molecule has 168 valence electrons. The zero-order valence-electron chi connectivity index (χ0n) is 19.2. The molecule has 0 aromatic heterocycles. The van der Waals surface area contributed by atoms with Crippen molar-refractivity contribution in [2.75, 3.05) is 35.5 Å². The van der Waals surface area contributed by atoms with Crippen LogP contribution < -0.4 is 18.9 Å². The normalized spacial score (nSPS) is 23.0. The number of carbonyl (C=O) groups is 1. The van der Waals surface area contributed by atoms with E-state index in [1.165, 1.54) is 0 Å². The molecule has 2 fully saturated rings. The Bertz CT molecular complexity index is 1000. The summed E-state index contributed by atoms with van der Waals surface area (Å²) in [5, 5.41) is 0. The molecule has 0 N–H and O–H groups in total. The van der Waals surface area contributed by atoms with Gasteiger partial charge >= 0.3 is 0 Å². The summed E-state index contributed by atoms with van der Waals surface area (Å²) < 4.78 is 21.8. The topological polar surface area (TPSA) is 57.2 Å². The van der Waals surface area contributed by atoms with Gasteiger partial charge in [-0.25, -0.2) is 0 Å². The first-order valence-electron chi connectivity index (χ1n) is 10.6. The van der Waals surface area contributed by atoms with Gasteiger partial charge in [-0.1, -0.05) is 0 Å². The monoisotopic (exact) mass is 435 g/mol. The van der Waals surface area contributed by atoms with Gasteiger partial charge in [-0.3, -0.25) is 9.69 Å². The summed E-state index contributed by atoms with van der Waals surface area (Å²) in [6.45, 7) is 0. The first kappa shape index (κ1) is 22.0. The fraction of sp³-hybridized carbons (Fsp3) is 0.346. The number of ketones is 1. The highest BCUT2D eigenvalue weighted by Gasteiger charge is 2.44. The summed E-state index contributed by atoms with van der Waals surface area (Å²) in [6, 6.07) is 11.4. The van der Waals surface area contributed by atoms with Crippen LogP contribution in [0.1, 0.15) is 24.0 Å². The number of nitrogens with zero attached hydrogens (tertiary/aromatic N) is 1. The molecule has 2 heterocycles. The van der Waals surface area contributed by atoms with E-state index >= 15 is 0 Å². The van der Waals surface area contributed by atoms with E-state index in [2.05, 4.69) is 11.9 Å². The Labute approximate surface area is 189 Å². The molecule has 2 aromatic rings. The second-order valence-corrected chi connectivity index (χ2v) is 8.02. The number of benzene rings is 2. The highest BCUT2D eigenvalue weighted by atomic mass is 16.5. The summed E-state index contributed by atoms with van der Waals surface area (Å²) in [6.07, 6.45) is 5.75. The van der Waals surface area contributed by atoms with Crippen molar-refractivity contribution in [1.29, 1.82) is 0 Å². The molecule has 2 saturated heterocycles. The van der Waals surface area contributed by atoms with Crippen molar-refractivity contribution >= 4 is 17.9 Å². The van der Waals surface area contributed by atoms with Crippen LogP contribution in [0.3, 0.4) is 0 Å². The van der Waals surface area contributed by atoms with Crippen LogP contribution in [-0.4, -0.2) is 58.3 Å². The van der Waals surface area contributed by atoms with E-state index in [-0.39, 0.29) is 17.9 Å². The predicted octanol–water partition coefficient (Wildman–Crippen LogP) is 4.23. The minimum absolute atomic E-state index is 0.0605. The highest BCUT2D eigenvalue weighted by molar-refractivity contribution is 6.16. The Kier molecular flexibility index (Phi) is 6.24. The molecule has 32 heavy (non-hydrogen) atoms. The molecule has 0 amide bonds. The van der Waals surface area contributed by atoms with Crippen LogP contribution in [-0.2, 0) is 4.79 Å². The van der Waals surface area contributed by atoms with Gasteiger partial charge in [0.05, 0.1) is 28.4 Å². The second-order valence-electron chi connectivity index (χ2n) is 8.02. The molecular weight excluding hydrogens is 406 g/mol. The van der Waals surface area contributed by atoms with Crippen molar-refractivity contribution in [3.63, 3.8) is 0 Å². The first-order chi connectivity index (χ1) is 15.5. The molecule has 2 bridgehead atoms. The van der Waals surface area contributed by atoms with E-state index in [0.717, 1.165) is 46.6 Å². The zero-order chi connectivity index (χ0) is 22.8. The largest absolute Gasteiger partial charge is 0.497 e. The van der Waals surface area contributed by atoms with Crippen LogP contribution in [0.4, 0.5) is 0 Å². The summed E-state index contributed by atoms with van der Waals surface area (Å²) in [7, 11) is 8.60. The molecule has 2 aliphatic heterocycles. The lowest BCUT2D eigenvalue weighted by atomic mass is 9.88. The third-order valence-corrected chi connectivity index (χ3v) is 6.43. The van der Waals surface area contributed by atoms with Gasteiger partial charge in [-0.05, 0) is 68.4 Å². The standard InChI is InChI=1S/C26H29NO5/c1-27-22-8-9-23(27)21(15-17-13-19(30-3)7-11-25(17)32-5)26(28)20(22)14-16-12-18(29-2)6-10-24(16)31-4/h6-7,10-15,22-23H,8-9H2,1-5H3/b20-14-,21-15+. The Hall–Kier alpha value is -3.25. The van der Waals surface area contributed by atoms with Crippen molar-refractivity contribution < 1.29 is 23.7 Å². The molecule has 0 saturated carbocycles. The van der Waals surface area contributed by atoms with Gasteiger partial charge in [-0.2, -0.15) is 0 Å². The summed E-state index contributed by atoms with van der Waals surface area (Å²) in [4.78, 5) is 16.0. The number of piperidine rings is 1. The van der Waals surface area contributed by atoms with Gasteiger partial charge < -0.3 is 18.9 Å². The quantitative estimate of drug-likeness (QED) is 0.633. The lowest BCUT2D eigenvalue weighted by Crippen LogP contribution is -2.43. The Morgan fingerprint density at radius 2 is 1.19 bits per heavy atom. The minimum atomic E-state index is 0.0605. The smallest absolute Gasteiger partial charge is 0.188 e. The van der Waals surface area contributed by atoms with E-state index in [1.54, 1.807) is 28.4 Å². The Balaban J connectivity index is 1.82. The van der Waals surface area contributed by atoms with Gasteiger partial charge in [0.2, 0.25) is 0 Å². The van der Waals surface area contributed by atoms with Crippen molar-refractivity contribution in [3.8, 4) is 23.0 Å². The first-order valence-corrected chi connectivity index (χ1v) is 10.6. The molecule has 6 nitrogen and oxygen atoms in total. The minimum Gasteiger partial charge on any atom is -0.497 e. The van der Waals surface area contributed by atoms with Crippen molar-refractivity contribution in [2.24, 2.45) is 0 Å². The SMILES string of the molecule is COc1ccc(OC)c(/C=C2\C(=O)/C(=C/c3cc(OC)ccc3OC)C3CCC2N3C)c1. The van der Waals surface area contributed by atoms with Crippen molar-refractivity contribution in [3.05, 3.63) is 58.7 Å². The summed E-state index contributed by atoms with van der Waals surface area (Å²) in [5.74, 6) is 2.90. The maximum atomic E-state index is 13.7. The number of methoxy groups -OCH3 is 4. The zero-order valence-corrected chi connectivity index (χ0v) is 19.2. The highest BCUT2D eigenvalue weighted by Crippen LogP contribution is 2.42. The molecule has 6 heteroatoms. The molecule has 2 unspecified atom stereocenters. The van der Waals surface area contributed by atoms with E-state index in [0.29, 0.717) is 11.5 Å². The summed E-state index contributed by atoms with van der Waals surface area (Å²) in [5.41, 5.74) is 3.18. The predicted molar refractivity (Wildman–Crippen MR) is 125 cm³/mol. The van der Waals surface area contributed by atoms with Gasteiger partial charge in [0.25, 0.3) is 0 Å². The number of hydrogen-bond acceptors (Lipinski definition) is 6. The van der Waals surface area contributed by atoms with Crippen LogP contribution in [0.25, 0.3) is 12.2 Å². The number of fused-ring (bicyclic) bond motifs is 2. The van der Waals surface area contributed by atoms with Crippen LogP contribution in [0, 0.1) is 0 Å². The van der Waals surface area contributed by atoms with E-state index in [1.807, 2.05) is 48.6 Å². The maximum absolute atomic E-state index is 13.7. The number of Topliss-reactive ketones (excluding diaryl/α,β-unsaturated/α-hetero) is 1. The van der Waals surface area contributed by atoms with Crippen LogP contribution in [0.2, 0.25) is 0 Å². The van der Waals surface area contributed by atoms with E-state index < -0.39 is 0 Å². The van der Waals surface area contributed by atoms with Crippen LogP contribution in [0.5, 0.6) is 23.0 Å². The maximum Gasteiger partial charge on any atom is 0.188 e. The molecule has 2 atom stereocenters. The summed E-state index contributed by atoms with van der Waals surface area (Å²) >= 11 is 0. The number of hydrogen-bond donors (Lipinski definition) is 0. The lowest BCUT2D eigenvalue weighted by Gasteiger charge is -2.34. The lowest BCUT2D eigenvalue weighted by molar-refractivity contribution is -0.114. The van der Waals surface area contributed by atoms with Gasteiger partial charge in [0.15, 0.2) is 5.78 Å². The molecule has 4 rings (SSSR count). The average molecular weight is 436 g/mol. The third-order valence-electron chi connectivity index (χ3n) is 6.43. The average Bonchev–Trinajstić information content (AvgIpc) is 3.13. The molecule has 2 aliphatic rings.